The third kappa shape index (κ3) is 5.71. The maximum Gasteiger partial charge on any atom is 0.120 e. The summed E-state index contributed by atoms with van der Waals surface area (Å²) in [5, 5.41) is 19.7. The Labute approximate surface area is 168 Å². The Kier molecular flexibility index (Phi) is 7.71. The number of nitrogens with zero attached hydrogens (tertiary/aromatic N) is 2. The highest BCUT2D eigenvalue weighted by molar-refractivity contribution is 5.39. The number of aliphatic hydroxyl groups is 1. The van der Waals surface area contributed by atoms with Gasteiger partial charge in [-0.05, 0) is 49.6 Å². The molecule has 0 aromatic heterocycles. The second-order valence-electron chi connectivity index (χ2n) is 7.52. The van der Waals surface area contributed by atoms with Crippen molar-refractivity contribution in [3.8, 4) is 11.5 Å². The summed E-state index contributed by atoms with van der Waals surface area (Å²) in [6, 6.07) is 16.3. The van der Waals surface area contributed by atoms with Gasteiger partial charge in [0.2, 0.25) is 0 Å². The number of aromatic hydroxyl groups is 1. The normalized spacial score (nSPS) is 18.3. The van der Waals surface area contributed by atoms with Crippen LogP contribution in [0.4, 0.5) is 0 Å². The number of aryl methyl sites for hydroxylation is 1. The fourth-order valence-corrected chi connectivity index (χ4v) is 4.01. The van der Waals surface area contributed by atoms with E-state index in [4.69, 9.17) is 4.74 Å². The SMILES string of the molecule is COc1ccc(O)c(CN2CCN(CCCc3ccccc3)[C@@H](CCO)C2)c1. The van der Waals surface area contributed by atoms with Crippen molar-refractivity contribution in [2.75, 3.05) is 39.9 Å². The molecule has 0 saturated carbocycles. The Balaban J connectivity index is 1.54. The van der Waals surface area contributed by atoms with Crippen LogP contribution in [0.15, 0.2) is 48.5 Å². The molecule has 2 N–H and O–H groups in total. The maximum atomic E-state index is 10.2. The van der Waals surface area contributed by atoms with Crippen molar-refractivity contribution in [2.45, 2.75) is 31.8 Å². The first-order valence-corrected chi connectivity index (χ1v) is 10.2. The number of methoxy groups -OCH3 is 1. The van der Waals surface area contributed by atoms with Gasteiger partial charge in [0.15, 0.2) is 0 Å². The lowest BCUT2D eigenvalue weighted by Gasteiger charge is -2.41. The summed E-state index contributed by atoms with van der Waals surface area (Å²) in [7, 11) is 1.64. The summed E-state index contributed by atoms with van der Waals surface area (Å²) in [5.41, 5.74) is 2.27. The van der Waals surface area contributed by atoms with Gasteiger partial charge in [0.1, 0.15) is 11.5 Å². The minimum atomic E-state index is 0.206. The molecule has 5 heteroatoms. The smallest absolute Gasteiger partial charge is 0.120 e. The second-order valence-corrected chi connectivity index (χ2v) is 7.52. The van der Waals surface area contributed by atoms with E-state index in [0.29, 0.717) is 18.3 Å². The number of piperazine rings is 1. The van der Waals surface area contributed by atoms with Crippen LogP contribution in [0.3, 0.4) is 0 Å². The molecular weight excluding hydrogens is 352 g/mol. The molecule has 1 aliphatic rings. The molecule has 0 amide bonds. The summed E-state index contributed by atoms with van der Waals surface area (Å²) < 4.78 is 5.29. The minimum Gasteiger partial charge on any atom is -0.508 e. The molecule has 0 bridgehead atoms. The summed E-state index contributed by atoms with van der Waals surface area (Å²) in [5.74, 6) is 1.07. The van der Waals surface area contributed by atoms with Gasteiger partial charge in [-0.3, -0.25) is 9.80 Å². The number of phenols is 1. The van der Waals surface area contributed by atoms with E-state index >= 15 is 0 Å². The van der Waals surface area contributed by atoms with E-state index in [1.807, 2.05) is 6.07 Å². The molecule has 28 heavy (non-hydrogen) atoms. The van der Waals surface area contributed by atoms with Crippen LogP contribution in [0.2, 0.25) is 0 Å². The van der Waals surface area contributed by atoms with E-state index in [2.05, 4.69) is 40.1 Å². The molecule has 3 rings (SSSR count). The molecule has 0 aliphatic carbocycles. The van der Waals surface area contributed by atoms with Gasteiger partial charge in [-0.25, -0.2) is 0 Å². The van der Waals surface area contributed by atoms with Gasteiger partial charge in [0.25, 0.3) is 0 Å². The van der Waals surface area contributed by atoms with Crippen LogP contribution in [0, 0.1) is 0 Å². The number of ether oxygens (including phenoxy) is 1. The van der Waals surface area contributed by atoms with Gasteiger partial charge < -0.3 is 14.9 Å². The van der Waals surface area contributed by atoms with Crippen molar-refractivity contribution >= 4 is 0 Å². The molecular formula is C23H32N2O3. The largest absolute Gasteiger partial charge is 0.508 e. The lowest BCUT2D eigenvalue weighted by molar-refractivity contribution is 0.0543. The number of hydrogen-bond acceptors (Lipinski definition) is 5. The highest BCUT2D eigenvalue weighted by Crippen LogP contribution is 2.25. The van der Waals surface area contributed by atoms with E-state index in [0.717, 1.165) is 56.8 Å². The van der Waals surface area contributed by atoms with E-state index in [-0.39, 0.29) is 6.61 Å². The van der Waals surface area contributed by atoms with Crippen molar-refractivity contribution in [2.24, 2.45) is 0 Å². The van der Waals surface area contributed by atoms with Crippen LogP contribution in [-0.2, 0) is 13.0 Å². The predicted molar refractivity (Wildman–Crippen MR) is 112 cm³/mol. The monoisotopic (exact) mass is 384 g/mol. The summed E-state index contributed by atoms with van der Waals surface area (Å²) >= 11 is 0. The molecule has 2 aromatic carbocycles. The van der Waals surface area contributed by atoms with Crippen LogP contribution in [0.1, 0.15) is 24.0 Å². The van der Waals surface area contributed by atoms with Crippen molar-refractivity contribution in [1.29, 1.82) is 0 Å². The fourth-order valence-electron chi connectivity index (χ4n) is 4.01. The van der Waals surface area contributed by atoms with Gasteiger partial charge >= 0.3 is 0 Å². The highest BCUT2D eigenvalue weighted by Gasteiger charge is 2.26. The topological polar surface area (TPSA) is 56.2 Å². The Hall–Kier alpha value is -2.08. The second kappa shape index (κ2) is 10.5. The van der Waals surface area contributed by atoms with Crippen LogP contribution < -0.4 is 4.74 Å². The molecule has 1 fully saturated rings. The molecule has 0 radical (unpaired) electrons. The number of phenolic OH excluding ortho intramolecular Hbond substituents is 1. The van der Waals surface area contributed by atoms with Crippen molar-refractivity contribution in [1.82, 2.24) is 9.80 Å². The number of aliphatic hydroxyl groups excluding tert-OH is 1. The van der Waals surface area contributed by atoms with Crippen LogP contribution >= 0.6 is 0 Å². The van der Waals surface area contributed by atoms with Gasteiger partial charge in [-0.1, -0.05) is 30.3 Å². The highest BCUT2D eigenvalue weighted by atomic mass is 16.5. The lowest BCUT2D eigenvalue weighted by Crippen LogP contribution is -2.53. The van der Waals surface area contributed by atoms with E-state index in [9.17, 15) is 10.2 Å². The molecule has 0 spiro atoms. The number of hydrogen-bond donors (Lipinski definition) is 2. The quantitative estimate of drug-likeness (QED) is 0.696. The predicted octanol–water partition coefficient (Wildman–Crippen LogP) is 2.90. The van der Waals surface area contributed by atoms with E-state index < -0.39 is 0 Å². The average Bonchev–Trinajstić information content (AvgIpc) is 2.72. The molecule has 0 unspecified atom stereocenters. The Morgan fingerprint density at radius 1 is 1.11 bits per heavy atom. The zero-order chi connectivity index (χ0) is 19.8. The molecule has 1 atom stereocenters. The van der Waals surface area contributed by atoms with Crippen LogP contribution in [0.25, 0.3) is 0 Å². The van der Waals surface area contributed by atoms with E-state index in [1.54, 1.807) is 19.2 Å². The third-order valence-electron chi connectivity index (χ3n) is 5.59. The summed E-state index contributed by atoms with van der Waals surface area (Å²) in [6.45, 7) is 4.81. The van der Waals surface area contributed by atoms with Gasteiger partial charge in [-0.2, -0.15) is 0 Å². The number of rotatable bonds is 9. The zero-order valence-corrected chi connectivity index (χ0v) is 16.8. The van der Waals surface area contributed by atoms with Gasteiger partial charge in [-0.15, -0.1) is 0 Å². The summed E-state index contributed by atoms with van der Waals surface area (Å²) in [4.78, 5) is 4.88. The molecule has 2 aromatic rings. The van der Waals surface area contributed by atoms with Crippen molar-refractivity contribution in [3.05, 3.63) is 59.7 Å². The fraction of sp³-hybridized carbons (Fsp3) is 0.478. The first-order valence-electron chi connectivity index (χ1n) is 10.2. The first kappa shape index (κ1) is 20.6. The Bertz CT molecular complexity index is 723. The first-order chi connectivity index (χ1) is 13.7. The molecule has 1 aliphatic heterocycles. The molecule has 1 heterocycles. The van der Waals surface area contributed by atoms with Crippen LogP contribution in [0.5, 0.6) is 11.5 Å². The Morgan fingerprint density at radius 2 is 1.93 bits per heavy atom. The number of benzene rings is 2. The third-order valence-corrected chi connectivity index (χ3v) is 5.59. The standard InChI is InChI=1S/C23H32N2O3/c1-28-22-9-10-23(27)20(16-22)17-24-13-14-25(21(18-24)11-15-26)12-5-8-19-6-3-2-4-7-19/h2-4,6-7,9-10,16,21,26-27H,5,8,11-15,17-18H2,1H3/t21-/m0/s1. The van der Waals surface area contributed by atoms with Gasteiger partial charge in [0.05, 0.1) is 7.11 Å². The Morgan fingerprint density at radius 3 is 2.68 bits per heavy atom. The average molecular weight is 385 g/mol. The van der Waals surface area contributed by atoms with Gasteiger partial charge in [0, 0.05) is 44.4 Å². The molecule has 152 valence electrons. The zero-order valence-electron chi connectivity index (χ0n) is 16.8. The lowest BCUT2D eigenvalue weighted by atomic mass is 10.1. The van der Waals surface area contributed by atoms with Crippen LogP contribution in [-0.4, -0.2) is 66.0 Å². The molecule has 1 saturated heterocycles. The maximum absolute atomic E-state index is 10.2. The van der Waals surface area contributed by atoms with Crippen molar-refractivity contribution in [3.63, 3.8) is 0 Å². The minimum absolute atomic E-state index is 0.206. The molecule has 5 nitrogen and oxygen atoms in total. The van der Waals surface area contributed by atoms with E-state index in [1.165, 1.54) is 5.56 Å². The van der Waals surface area contributed by atoms with Crippen molar-refractivity contribution < 1.29 is 14.9 Å². The summed E-state index contributed by atoms with van der Waals surface area (Å²) in [6.07, 6.45) is 3.00.